The molecule has 0 aliphatic heterocycles. The van der Waals surface area contributed by atoms with Crippen LogP contribution in [0.25, 0.3) is 0 Å². The Labute approximate surface area is 159 Å². The van der Waals surface area contributed by atoms with Crippen LogP contribution in [0.15, 0.2) is 42.5 Å². The van der Waals surface area contributed by atoms with Crippen molar-refractivity contribution in [3.8, 4) is 0 Å². The summed E-state index contributed by atoms with van der Waals surface area (Å²) in [6.07, 6.45) is 1.04. The number of rotatable bonds is 5. The van der Waals surface area contributed by atoms with E-state index in [0.717, 1.165) is 5.56 Å². The summed E-state index contributed by atoms with van der Waals surface area (Å²) in [6.45, 7) is 7.96. The van der Waals surface area contributed by atoms with Gasteiger partial charge in [-0.05, 0) is 41.2 Å². The zero-order chi connectivity index (χ0) is 19.3. The maximum atomic E-state index is 12.2. The third-order valence-electron chi connectivity index (χ3n) is 4.02. The lowest BCUT2D eigenvalue weighted by Gasteiger charge is -2.19. The van der Waals surface area contributed by atoms with Gasteiger partial charge >= 0.3 is 0 Å². The maximum absolute atomic E-state index is 12.2. The summed E-state index contributed by atoms with van der Waals surface area (Å²) in [5.41, 5.74) is 3.65. The monoisotopic (exact) mass is 372 g/mol. The molecule has 2 rings (SSSR count). The highest BCUT2D eigenvalue weighted by Gasteiger charge is 2.13. The number of benzene rings is 2. The molecule has 138 valence electrons. The second kappa shape index (κ2) is 8.37. The summed E-state index contributed by atoms with van der Waals surface area (Å²) in [5.74, 6) is -0.269. The van der Waals surface area contributed by atoms with Crippen LogP contribution in [0.5, 0.6) is 0 Å². The van der Waals surface area contributed by atoms with Crippen LogP contribution in [0.1, 0.15) is 45.2 Å². The molecular formula is C21H25ClN2O2. The molecule has 2 N–H and O–H groups in total. The van der Waals surface area contributed by atoms with Crippen molar-refractivity contribution in [2.75, 3.05) is 10.6 Å². The molecule has 26 heavy (non-hydrogen) atoms. The zero-order valence-electron chi connectivity index (χ0n) is 15.7. The van der Waals surface area contributed by atoms with E-state index < -0.39 is 0 Å². The molecule has 4 nitrogen and oxygen atoms in total. The third kappa shape index (κ3) is 5.88. The Morgan fingerprint density at radius 1 is 1.00 bits per heavy atom. The molecule has 2 amide bonds. The number of anilines is 2. The van der Waals surface area contributed by atoms with Crippen molar-refractivity contribution in [2.45, 2.75) is 46.0 Å². The fourth-order valence-electron chi connectivity index (χ4n) is 2.54. The van der Waals surface area contributed by atoms with Crippen molar-refractivity contribution in [2.24, 2.45) is 0 Å². The maximum Gasteiger partial charge on any atom is 0.224 e. The van der Waals surface area contributed by atoms with E-state index in [1.807, 2.05) is 0 Å². The van der Waals surface area contributed by atoms with Crippen LogP contribution < -0.4 is 10.6 Å². The number of aryl methyl sites for hydroxylation is 1. The lowest BCUT2D eigenvalue weighted by Crippen LogP contribution is -2.13. The van der Waals surface area contributed by atoms with E-state index in [4.69, 9.17) is 11.6 Å². The Kier molecular flexibility index (Phi) is 6.43. The Bertz CT molecular complexity index is 793. The summed E-state index contributed by atoms with van der Waals surface area (Å²) in [5, 5.41) is 5.85. The first-order chi connectivity index (χ1) is 12.1. The quantitative estimate of drug-likeness (QED) is 0.760. The fraction of sp³-hybridized carbons (Fsp3) is 0.333. The summed E-state index contributed by atoms with van der Waals surface area (Å²) >= 11 is 6.17. The van der Waals surface area contributed by atoms with Gasteiger partial charge in [-0.1, -0.05) is 56.6 Å². The van der Waals surface area contributed by atoms with Gasteiger partial charge in [0.15, 0.2) is 0 Å². The van der Waals surface area contributed by atoms with Crippen molar-refractivity contribution in [3.05, 3.63) is 58.6 Å². The van der Waals surface area contributed by atoms with Crippen molar-refractivity contribution >= 4 is 34.8 Å². The standard InChI is InChI=1S/C21H25ClN2O2/c1-14(25)23-17-10-11-19(18(22)13-17)24-20(26)12-7-15-5-8-16(9-6-15)21(2,3)4/h5-6,8-11,13H,7,12H2,1-4H3,(H,23,25)(H,24,26). The molecule has 0 aromatic heterocycles. The van der Waals surface area contributed by atoms with Crippen LogP contribution in [0.2, 0.25) is 5.02 Å². The average Bonchev–Trinajstić information content (AvgIpc) is 2.54. The third-order valence-corrected chi connectivity index (χ3v) is 4.34. The predicted octanol–water partition coefficient (Wildman–Crippen LogP) is 5.17. The first kappa shape index (κ1) is 20.0. The Morgan fingerprint density at radius 3 is 2.19 bits per heavy atom. The van der Waals surface area contributed by atoms with Gasteiger partial charge < -0.3 is 10.6 Å². The number of halogens is 1. The molecule has 0 bridgehead atoms. The molecule has 0 saturated carbocycles. The van der Waals surface area contributed by atoms with Gasteiger partial charge in [-0.2, -0.15) is 0 Å². The Morgan fingerprint density at radius 2 is 1.65 bits per heavy atom. The molecule has 0 heterocycles. The molecule has 5 heteroatoms. The van der Waals surface area contributed by atoms with E-state index in [0.29, 0.717) is 29.2 Å². The van der Waals surface area contributed by atoms with Crippen molar-refractivity contribution in [1.82, 2.24) is 0 Å². The van der Waals surface area contributed by atoms with Gasteiger partial charge in [0.2, 0.25) is 11.8 Å². The second-order valence-electron chi connectivity index (χ2n) is 7.37. The van der Waals surface area contributed by atoms with E-state index >= 15 is 0 Å². The number of nitrogens with one attached hydrogen (secondary N) is 2. The molecule has 0 spiro atoms. The van der Waals surface area contributed by atoms with Crippen molar-refractivity contribution in [1.29, 1.82) is 0 Å². The van der Waals surface area contributed by atoms with E-state index in [2.05, 4.69) is 55.7 Å². The van der Waals surface area contributed by atoms with E-state index in [9.17, 15) is 9.59 Å². The Hall–Kier alpha value is -2.33. The first-order valence-electron chi connectivity index (χ1n) is 8.61. The number of carbonyl (C=O) groups is 2. The zero-order valence-corrected chi connectivity index (χ0v) is 16.4. The van der Waals surface area contributed by atoms with Crippen LogP contribution in [-0.4, -0.2) is 11.8 Å². The van der Waals surface area contributed by atoms with E-state index in [1.165, 1.54) is 12.5 Å². The van der Waals surface area contributed by atoms with Gasteiger partial charge in [0.1, 0.15) is 0 Å². The number of amides is 2. The SMILES string of the molecule is CC(=O)Nc1ccc(NC(=O)CCc2ccc(C(C)(C)C)cc2)c(Cl)c1. The van der Waals surface area contributed by atoms with Crippen LogP contribution in [0, 0.1) is 0 Å². The minimum atomic E-state index is -0.171. The lowest BCUT2D eigenvalue weighted by molar-refractivity contribution is -0.116. The molecule has 0 aliphatic rings. The molecule has 0 aliphatic carbocycles. The van der Waals surface area contributed by atoms with Crippen LogP contribution in [0.4, 0.5) is 11.4 Å². The van der Waals surface area contributed by atoms with Crippen LogP contribution in [0.3, 0.4) is 0 Å². The summed E-state index contributed by atoms with van der Waals surface area (Å²) in [6, 6.07) is 13.4. The van der Waals surface area contributed by atoms with Crippen molar-refractivity contribution < 1.29 is 9.59 Å². The topological polar surface area (TPSA) is 58.2 Å². The molecular weight excluding hydrogens is 348 g/mol. The minimum Gasteiger partial charge on any atom is -0.326 e. The molecule has 0 radical (unpaired) electrons. The molecule has 0 unspecified atom stereocenters. The second-order valence-corrected chi connectivity index (χ2v) is 7.78. The summed E-state index contributed by atoms with van der Waals surface area (Å²) < 4.78 is 0. The van der Waals surface area contributed by atoms with Gasteiger partial charge in [-0.25, -0.2) is 0 Å². The van der Waals surface area contributed by atoms with Crippen molar-refractivity contribution in [3.63, 3.8) is 0 Å². The largest absolute Gasteiger partial charge is 0.326 e. The summed E-state index contributed by atoms with van der Waals surface area (Å²) in [7, 11) is 0. The highest BCUT2D eigenvalue weighted by Crippen LogP contribution is 2.26. The van der Waals surface area contributed by atoms with Gasteiger partial charge in [0.25, 0.3) is 0 Å². The first-order valence-corrected chi connectivity index (χ1v) is 8.99. The fourth-order valence-corrected chi connectivity index (χ4v) is 2.77. The minimum absolute atomic E-state index is 0.0981. The van der Waals surface area contributed by atoms with E-state index in [1.54, 1.807) is 18.2 Å². The highest BCUT2D eigenvalue weighted by molar-refractivity contribution is 6.34. The molecule has 2 aromatic rings. The normalized spacial score (nSPS) is 11.1. The highest BCUT2D eigenvalue weighted by atomic mass is 35.5. The Balaban J connectivity index is 1.92. The van der Waals surface area contributed by atoms with Gasteiger partial charge in [-0.15, -0.1) is 0 Å². The molecule has 2 aromatic carbocycles. The van der Waals surface area contributed by atoms with Crippen LogP contribution in [-0.2, 0) is 21.4 Å². The lowest BCUT2D eigenvalue weighted by atomic mass is 9.86. The number of hydrogen-bond donors (Lipinski definition) is 2. The van der Waals surface area contributed by atoms with Gasteiger partial charge in [0.05, 0.1) is 10.7 Å². The smallest absolute Gasteiger partial charge is 0.224 e. The molecule has 0 fully saturated rings. The average molecular weight is 373 g/mol. The number of hydrogen-bond acceptors (Lipinski definition) is 2. The van der Waals surface area contributed by atoms with E-state index in [-0.39, 0.29) is 17.2 Å². The van der Waals surface area contributed by atoms with Gasteiger partial charge in [0, 0.05) is 19.0 Å². The van der Waals surface area contributed by atoms with Gasteiger partial charge in [-0.3, -0.25) is 9.59 Å². The molecule has 0 saturated heterocycles. The predicted molar refractivity (Wildman–Crippen MR) is 108 cm³/mol. The molecule has 0 atom stereocenters. The van der Waals surface area contributed by atoms with Crippen LogP contribution >= 0.6 is 11.6 Å². The summed E-state index contributed by atoms with van der Waals surface area (Å²) in [4.78, 5) is 23.2. The number of carbonyl (C=O) groups excluding carboxylic acids is 2.